The average Bonchev–Trinajstić information content (AvgIpc) is 3.59. The molecule has 1 heterocycles. The van der Waals surface area contributed by atoms with E-state index in [9.17, 15) is 10.1 Å². The number of carbonyl (C=O) groups excluding carboxylic acids is 1. The lowest BCUT2D eigenvalue weighted by Gasteiger charge is -2.22. The third-order valence-electron chi connectivity index (χ3n) is 5.35. The maximum Gasteiger partial charge on any atom is 0.231 e. The summed E-state index contributed by atoms with van der Waals surface area (Å²) in [6, 6.07) is 19.6. The Morgan fingerprint density at radius 3 is 2.55 bits per heavy atom. The Bertz CT molecular complexity index is 1100. The minimum absolute atomic E-state index is 0.146. The van der Waals surface area contributed by atoms with Gasteiger partial charge in [0, 0.05) is 11.3 Å². The van der Waals surface area contributed by atoms with Crippen LogP contribution in [-0.2, 0) is 4.79 Å². The zero-order chi connectivity index (χ0) is 21.8. The molecule has 158 valence electrons. The molecule has 1 aliphatic rings. The molecule has 0 aliphatic heterocycles. The molecule has 1 N–H and O–H groups in total. The van der Waals surface area contributed by atoms with Gasteiger partial charge >= 0.3 is 0 Å². The number of ether oxygens (including phenoxy) is 1. The third-order valence-corrected chi connectivity index (χ3v) is 6.28. The Morgan fingerprint density at radius 2 is 1.94 bits per heavy atom. The largest absolute Gasteiger partial charge is 0.497 e. The third kappa shape index (κ3) is 4.57. The van der Waals surface area contributed by atoms with Gasteiger partial charge in [0.15, 0.2) is 11.0 Å². The first-order valence-corrected chi connectivity index (χ1v) is 11.0. The van der Waals surface area contributed by atoms with Gasteiger partial charge in [-0.05, 0) is 49.9 Å². The van der Waals surface area contributed by atoms with Crippen molar-refractivity contribution in [2.45, 2.75) is 30.5 Å². The molecule has 31 heavy (non-hydrogen) atoms. The summed E-state index contributed by atoms with van der Waals surface area (Å²) in [6.45, 7) is 1.79. The van der Waals surface area contributed by atoms with Crippen LogP contribution in [0.3, 0.4) is 0 Å². The molecule has 1 amide bonds. The SMILES string of the molecule is COc1ccc(-n2c(SCC(=O)NC(C)(C#N)C3CC3)nnc2-c2ccccc2)cc1. The van der Waals surface area contributed by atoms with Gasteiger partial charge in [0.1, 0.15) is 11.3 Å². The smallest absolute Gasteiger partial charge is 0.231 e. The van der Waals surface area contributed by atoms with Gasteiger partial charge in [-0.1, -0.05) is 42.1 Å². The fraction of sp³-hybridized carbons (Fsp3) is 0.304. The van der Waals surface area contributed by atoms with E-state index in [1.54, 1.807) is 14.0 Å². The predicted molar refractivity (Wildman–Crippen MR) is 119 cm³/mol. The minimum atomic E-state index is -0.809. The summed E-state index contributed by atoms with van der Waals surface area (Å²) < 4.78 is 7.19. The number of aromatic nitrogens is 3. The molecule has 0 bridgehead atoms. The lowest BCUT2D eigenvalue weighted by Crippen LogP contribution is -2.47. The van der Waals surface area contributed by atoms with Crippen LogP contribution in [0.5, 0.6) is 5.75 Å². The Kier molecular flexibility index (Phi) is 5.96. The van der Waals surface area contributed by atoms with Gasteiger partial charge in [0.25, 0.3) is 0 Å². The molecule has 0 radical (unpaired) electrons. The first kappa shape index (κ1) is 20.9. The second-order valence-electron chi connectivity index (χ2n) is 7.63. The highest BCUT2D eigenvalue weighted by atomic mass is 32.2. The van der Waals surface area contributed by atoms with Crippen LogP contribution >= 0.6 is 11.8 Å². The first-order chi connectivity index (χ1) is 15.0. The number of rotatable bonds is 8. The second-order valence-corrected chi connectivity index (χ2v) is 8.57. The molecule has 8 heteroatoms. The second kappa shape index (κ2) is 8.82. The van der Waals surface area contributed by atoms with E-state index in [1.165, 1.54) is 11.8 Å². The summed E-state index contributed by atoms with van der Waals surface area (Å²) >= 11 is 1.30. The Labute approximate surface area is 185 Å². The van der Waals surface area contributed by atoms with Crippen LogP contribution in [0, 0.1) is 17.2 Å². The molecule has 0 spiro atoms. The van der Waals surface area contributed by atoms with Crippen molar-refractivity contribution in [1.82, 2.24) is 20.1 Å². The molecule has 1 aliphatic carbocycles. The normalized spacial score (nSPS) is 15.0. The van der Waals surface area contributed by atoms with Crippen molar-refractivity contribution in [3.05, 3.63) is 54.6 Å². The number of hydrogen-bond donors (Lipinski definition) is 1. The molecular formula is C23H23N5O2S. The van der Waals surface area contributed by atoms with Gasteiger partial charge in [-0.2, -0.15) is 5.26 Å². The molecule has 1 saturated carbocycles. The lowest BCUT2D eigenvalue weighted by molar-refractivity contribution is -0.119. The summed E-state index contributed by atoms with van der Waals surface area (Å²) in [5.74, 6) is 1.63. The van der Waals surface area contributed by atoms with Crippen LogP contribution in [0.4, 0.5) is 0 Å². The van der Waals surface area contributed by atoms with E-state index < -0.39 is 5.54 Å². The number of amides is 1. The number of benzene rings is 2. The number of nitrogens with one attached hydrogen (secondary N) is 1. The molecule has 4 rings (SSSR count). The fourth-order valence-electron chi connectivity index (χ4n) is 3.44. The fourth-order valence-corrected chi connectivity index (χ4v) is 4.19. The zero-order valence-electron chi connectivity index (χ0n) is 17.4. The van der Waals surface area contributed by atoms with Gasteiger partial charge in [-0.15, -0.1) is 10.2 Å². The van der Waals surface area contributed by atoms with Crippen molar-refractivity contribution < 1.29 is 9.53 Å². The van der Waals surface area contributed by atoms with Crippen molar-refractivity contribution >= 4 is 17.7 Å². The summed E-state index contributed by atoms with van der Waals surface area (Å²) in [7, 11) is 1.62. The monoisotopic (exact) mass is 433 g/mol. The average molecular weight is 434 g/mol. The Hall–Kier alpha value is -3.31. The Balaban J connectivity index is 1.59. The van der Waals surface area contributed by atoms with E-state index in [2.05, 4.69) is 21.6 Å². The van der Waals surface area contributed by atoms with Gasteiger partial charge in [-0.3, -0.25) is 9.36 Å². The number of carbonyl (C=O) groups is 1. The molecule has 0 saturated heterocycles. The number of hydrogen-bond acceptors (Lipinski definition) is 6. The summed E-state index contributed by atoms with van der Waals surface area (Å²) in [5, 5.41) is 21.7. The highest BCUT2D eigenvalue weighted by molar-refractivity contribution is 7.99. The summed E-state index contributed by atoms with van der Waals surface area (Å²) in [4.78, 5) is 12.6. The number of nitriles is 1. The highest BCUT2D eigenvalue weighted by Crippen LogP contribution is 2.39. The molecule has 3 aromatic rings. The van der Waals surface area contributed by atoms with Crippen LogP contribution in [0.15, 0.2) is 59.8 Å². The number of methoxy groups -OCH3 is 1. The lowest BCUT2D eigenvalue weighted by atomic mass is 9.98. The van der Waals surface area contributed by atoms with Crippen LogP contribution in [0.2, 0.25) is 0 Å². The predicted octanol–water partition coefficient (Wildman–Crippen LogP) is 3.84. The molecule has 2 aromatic carbocycles. The van der Waals surface area contributed by atoms with E-state index >= 15 is 0 Å². The van der Waals surface area contributed by atoms with Crippen LogP contribution < -0.4 is 10.1 Å². The van der Waals surface area contributed by atoms with Crippen LogP contribution in [0.25, 0.3) is 17.1 Å². The zero-order valence-corrected chi connectivity index (χ0v) is 18.2. The van der Waals surface area contributed by atoms with E-state index in [0.717, 1.165) is 29.8 Å². The van der Waals surface area contributed by atoms with Gasteiger partial charge in [-0.25, -0.2) is 0 Å². The molecule has 7 nitrogen and oxygen atoms in total. The maximum atomic E-state index is 12.6. The van der Waals surface area contributed by atoms with E-state index in [0.29, 0.717) is 11.0 Å². The number of nitrogens with zero attached hydrogens (tertiary/aromatic N) is 4. The standard InChI is InChI=1S/C23H23N5O2S/c1-23(15-24,17-8-9-17)25-20(29)14-31-22-27-26-21(16-6-4-3-5-7-16)28(22)18-10-12-19(30-2)13-11-18/h3-7,10-13,17H,8-9,14H2,1-2H3,(H,25,29). The summed E-state index contributed by atoms with van der Waals surface area (Å²) in [5.41, 5.74) is 0.983. The van der Waals surface area contributed by atoms with Crippen molar-refractivity contribution in [2.24, 2.45) is 5.92 Å². The van der Waals surface area contributed by atoms with E-state index in [1.807, 2.05) is 59.2 Å². The van der Waals surface area contributed by atoms with Crippen molar-refractivity contribution in [3.8, 4) is 28.9 Å². The van der Waals surface area contributed by atoms with Gasteiger partial charge in [0.2, 0.25) is 5.91 Å². The maximum absolute atomic E-state index is 12.6. The first-order valence-electron chi connectivity index (χ1n) is 10.0. The van der Waals surface area contributed by atoms with E-state index in [-0.39, 0.29) is 17.6 Å². The topological polar surface area (TPSA) is 92.8 Å². The number of thioether (sulfide) groups is 1. The quantitative estimate of drug-likeness (QED) is 0.543. The van der Waals surface area contributed by atoms with Gasteiger partial charge < -0.3 is 10.1 Å². The van der Waals surface area contributed by atoms with E-state index in [4.69, 9.17) is 4.74 Å². The van der Waals surface area contributed by atoms with Gasteiger partial charge in [0.05, 0.1) is 18.9 Å². The molecule has 1 atom stereocenters. The van der Waals surface area contributed by atoms with Crippen molar-refractivity contribution in [1.29, 1.82) is 5.26 Å². The molecule has 1 fully saturated rings. The van der Waals surface area contributed by atoms with Crippen LogP contribution in [0.1, 0.15) is 19.8 Å². The molecule has 1 aromatic heterocycles. The Morgan fingerprint density at radius 1 is 1.23 bits per heavy atom. The molecular weight excluding hydrogens is 410 g/mol. The summed E-state index contributed by atoms with van der Waals surface area (Å²) in [6.07, 6.45) is 1.95. The highest BCUT2D eigenvalue weighted by Gasteiger charge is 2.43. The molecule has 1 unspecified atom stereocenters. The van der Waals surface area contributed by atoms with Crippen LogP contribution in [-0.4, -0.2) is 39.1 Å². The minimum Gasteiger partial charge on any atom is -0.497 e. The van der Waals surface area contributed by atoms with Crippen molar-refractivity contribution in [3.63, 3.8) is 0 Å². The van der Waals surface area contributed by atoms with Crippen molar-refractivity contribution in [2.75, 3.05) is 12.9 Å².